The van der Waals surface area contributed by atoms with E-state index in [0.29, 0.717) is 6.61 Å². The number of hydrogen-bond acceptors (Lipinski definition) is 4. The van der Waals surface area contributed by atoms with Gasteiger partial charge in [-0.1, -0.05) is 36.2 Å². The maximum Gasteiger partial charge on any atom is 0.136 e. The fourth-order valence-electron chi connectivity index (χ4n) is 4.13. The minimum atomic E-state index is 0.643. The lowest BCUT2D eigenvalue weighted by Crippen LogP contribution is -2.32. The van der Waals surface area contributed by atoms with Crippen molar-refractivity contribution in [1.82, 2.24) is 4.90 Å². The summed E-state index contributed by atoms with van der Waals surface area (Å²) in [5, 5.41) is 0.719. The zero-order valence-corrected chi connectivity index (χ0v) is 17.9. The van der Waals surface area contributed by atoms with Gasteiger partial charge in [-0.05, 0) is 56.3 Å². The van der Waals surface area contributed by atoms with Crippen molar-refractivity contribution in [3.8, 4) is 33.1 Å². The number of thiophene rings is 1. The van der Waals surface area contributed by atoms with Crippen LogP contribution in [0.4, 0.5) is 0 Å². The van der Waals surface area contributed by atoms with Crippen molar-refractivity contribution in [2.75, 3.05) is 26.2 Å². The molecule has 0 bridgehead atoms. The van der Waals surface area contributed by atoms with Crippen molar-refractivity contribution >= 4 is 22.9 Å². The average Bonchev–Trinajstić information content (AvgIpc) is 3.12. The first-order valence-electron chi connectivity index (χ1n) is 10.3. The minimum absolute atomic E-state index is 0.643. The highest BCUT2D eigenvalue weighted by Crippen LogP contribution is 2.50. The topological polar surface area (TPSA) is 21.7 Å². The summed E-state index contributed by atoms with van der Waals surface area (Å²) in [6.45, 7) is 4.88. The minimum Gasteiger partial charge on any atom is -0.456 e. The number of benzene rings is 2. The molecule has 3 aromatic rings. The number of hydrogen-bond donors (Lipinski definition) is 0. The van der Waals surface area contributed by atoms with E-state index in [1.54, 1.807) is 11.3 Å². The van der Waals surface area contributed by atoms with E-state index in [9.17, 15) is 0 Å². The molecule has 150 valence electrons. The van der Waals surface area contributed by atoms with Gasteiger partial charge in [0, 0.05) is 38.0 Å². The molecule has 0 radical (unpaired) electrons. The van der Waals surface area contributed by atoms with Gasteiger partial charge in [0.05, 0.1) is 13.2 Å². The molecule has 0 saturated carbocycles. The molecule has 0 N–H and O–H groups in total. The van der Waals surface area contributed by atoms with Gasteiger partial charge >= 0.3 is 0 Å². The fraction of sp³-hybridized carbons (Fsp3) is 0.333. The van der Waals surface area contributed by atoms with Crippen LogP contribution in [0.2, 0.25) is 5.02 Å². The maximum atomic E-state index is 6.31. The summed E-state index contributed by atoms with van der Waals surface area (Å²) in [5.41, 5.74) is 3.36. The Kier molecular flexibility index (Phi) is 5.60. The lowest BCUT2D eigenvalue weighted by atomic mass is 10.0. The van der Waals surface area contributed by atoms with Gasteiger partial charge in [-0.2, -0.15) is 0 Å². The summed E-state index contributed by atoms with van der Waals surface area (Å²) in [4.78, 5) is 4.94. The quantitative estimate of drug-likeness (QED) is 0.326. The smallest absolute Gasteiger partial charge is 0.136 e. The molecule has 0 atom stereocenters. The number of piperidine rings is 1. The van der Waals surface area contributed by atoms with Crippen LogP contribution < -0.4 is 4.74 Å². The van der Waals surface area contributed by atoms with Crippen molar-refractivity contribution in [2.24, 2.45) is 0 Å². The highest BCUT2D eigenvalue weighted by atomic mass is 35.5. The number of ether oxygens (including phenoxy) is 2. The Balaban J connectivity index is 1.39. The SMILES string of the molecule is Clc1ccc2c(c1)-c1sc(COCCN3CCCCC3)cc1-c1ccccc1O2. The Morgan fingerprint density at radius 2 is 1.76 bits per heavy atom. The van der Waals surface area contributed by atoms with Crippen LogP contribution in [0.1, 0.15) is 24.1 Å². The van der Waals surface area contributed by atoms with Gasteiger partial charge < -0.3 is 14.4 Å². The van der Waals surface area contributed by atoms with Gasteiger partial charge in [-0.3, -0.25) is 0 Å². The third-order valence-corrected chi connectivity index (χ3v) is 6.99. The van der Waals surface area contributed by atoms with Crippen LogP contribution >= 0.6 is 22.9 Å². The second-order valence-corrected chi connectivity index (χ2v) is 9.22. The molecule has 0 amide bonds. The van der Waals surface area contributed by atoms with Crippen LogP contribution in [0, 0.1) is 0 Å². The van der Waals surface area contributed by atoms with Crippen LogP contribution in [0.25, 0.3) is 21.6 Å². The second kappa shape index (κ2) is 8.49. The first kappa shape index (κ1) is 19.1. The fourth-order valence-corrected chi connectivity index (χ4v) is 5.43. The molecule has 0 spiro atoms. The molecule has 1 saturated heterocycles. The molecule has 5 heteroatoms. The third-order valence-electron chi connectivity index (χ3n) is 5.61. The second-order valence-electron chi connectivity index (χ2n) is 7.65. The highest BCUT2D eigenvalue weighted by molar-refractivity contribution is 7.16. The molecule has 2 aliphatic heterocycles. The number of para-hydroxylation sites is 1. The summed E-state index contributed by atoms with van der Waals surface area (Å²) in [6.07, 6.45) is 4.01. The Bertz CT molecular complexity index is 1010. The van der Waals surface area contributed by atoms with Crippen LogP contribution in [0.15, 0.2) is 48.5 Å². The molecule has 1 fully saturated rings. The number of halogens is 1. The standard InChI is InChI=1S/C24H24ClNO2S/c25-17-8-9-23-21(14-17)24-20(19-6-2-3-7-22(19)28-23)15-18(29-24)16-27-13-12-26-10-4-1-5-11-26/h2-3,6-9,14-15H,1,4-5,10-13,16H2. The third kappa shape index (κ3) is 4.08. The molecule has 5 rings (SSSR count). The lowest BCUT2D eigenvalue weighted by molar-refractivity contribution is 0.0878. The molecule has 3 heterocycles. The van der Waals surface area contributed by atoms with Crippen LogP contribution in [0.5, 0.6) is 11.5 Å². The van der Waals surface area contributed by atoms with E-state index in [0.717, 1.165) is 40.8 Å². The van der Waals surface area contributed by atoms with E-state index < -0.39 is 0 Å². The zero-order chi connectivity index (χ0) is 19.6. The molecule has 2 aliphatic rings. The summed E-state index contributed by atoms with van der Waals surface area (Å²) in [7, 11) is 0. The van der Waals surface area contributed by atoms with E-state index in [1.165, 1.54) is 47.7 Å². The molecule has 0 unspecified atom stereocenters. The number of nitrogens with zero attached hydrogens (tertiary/aromatic N) is 1. The van der Waals surface area contributed by atoms with Gasteiger partial charge in [-0.25, -0.2) is 0 Å². The Hall–Kier alpha value is -1.85. The van der Waals surface area contributed by atoms with Gasteiger partial charge in [-0.15, -0.1) is 11.3 Å². The van der Waals surface area contributed by atoms with Gasteiger partial charge in [0.2, 0.25) is 0 Å². The van der Waals surface area contributed by atoms with Crippen molar-refractivity contribution in [1.29, 1.82) is 0 Å². The monoisotopic (exact) mass is 425 g/mol. The van der Waals surface area contributed by atoms with Crippen LogP contribution in [-0.4, -0.2) is 31.1 Å². The number of rotatable bonds is 5. The predicted octanol–water partition coefficient (Wildman–Crippen LogP) is 6.84. The molecule has 0 aliphatic carbocycles. The van der Waals surface area contributed by atoms with E-state index in [-0.39, 0.29) is 0 Å². The Morgan fingerprint density at radius 3 is 2.66 bits per heavy atom. The van der Waals surface area contributed by atoms with Gasteiger partial charge in [0.25, 0.3) is 0 Å². The van der Waals surface area contributed by atoms with Gasteiger partial charge in [0.15, 0.2) is 0 Å². The first-order valence-corrected chi connectivity index (χ1v) is 11.5. The summed E-state index contributed by atoms with van der Waals surface area (Å²) in [5.74, 6) is 1.73. The molecular formula is C24H24ClNO2S. The van der Waals surface area contributed by atoms with Crippen molar-refractivity contribution < 1.29 is 9.47 Å². The first-order chi connectivity index (χ1) is 14.3. The average molecular weight is 426 g/mol. The van der Waals surface area contributed by atoms with Crippen molar-refractivity contribution in [2.45, 2.75) is 25.9 Å². The normalized spacial score (nSPS) is 15.8. The Labute approximate surface area is 180 Å². The largest absolute Gasteiger partial charge is 0.456 e. The molecule has 29 heavy (non-hydrogen) atoms. The van der Waals surface area contributed by atoms with E-state index in [2.05, 4.69) is 23.1 Å². The van der Waals surface area contributed by atoms with Crippen molar-refractivity contribution in [3.05, 3.63) is 58.4 Å². The highest BCUT2D eigenvalue weighted by Gasteiger charge is 2.23. The van der Waals surface area contributed by atoms with Crippen LogP contribution in [0.3, 0.4) is 0 Å². The van der Waals surface area contributed by atoms with Gasteiger partial charge in [0.1, 0.15) is 11.5 Å². The van der Waals surface area contributed by atoms with E-state index in [1.807, 2.05) is 30.3 Å². The number of likely N-dealkylation sites (tertiary alicyclic amines) is 1. The van der Waals surface area contributed by atoms with Crippen LogP contribution in [-0.2, 0) is 11.3 Å². The Morgan fingerprint density at radius 1 is 0.931 bits per heavy atom. The summed E-state index contributed by atoms with van der Waals surface area (Å²) < 4.78 is 12.3. The summed E-state index contributed by atoms with van der Waals surface area (Å²) >= 11 is 8.08. The maximum absolute atomic E-state index is 6.31. The predicted molar refractivity (Wildman–Crippen MR) is 120 cm³/mol. The summed E-state index contributed by atoms with van der Waals surface area (Å²) in [6, 6.07) is 16.3. The van der Waals surface area contributed by atoms with Crippen molar-refractivity contribution in [3.63, 3.8) is 0 Å². The number of fused-ring (bicyclic) bond motifs is 5. The zero-order valence-electron chi connectivity index (χ0n) is 16.3. The van der Waals surface area contributed by atoms with E-state index >= 15 is 0 Å². The molecular weight excluding hydrogens is 402 g/mol. The molecule has 1 aromatic heterocycles. The lowest BCUT2D eigenvalue weighted by Gasteiger charge is -2.26. The van der Waals surface area contributed by atoms with E-state index in [4.69, 9.17) is 21.1 Å². The molecule has 2 aromatic carbocycles. The molecule has 3 nitrogen and oxygen atoms in total.